The van der Waals surface area contributed by atoms with Crippen LogP contribution in [0.5, 0.6) is 0 Å². The van der Waals surface area contributed by atoms with Crippen molar-refractivity contribution in [3.05, 3.63) is 59.7 Å². The van der Waals surface area contributed by atoms with E-state index in [0.717, 1.165) is 22.3 Å². The van der Waals surface area contributed by atoms with E-state index in [2.05, 4.69) is 24.3 Å². The van der Waals surface area contributed by atoms with Gasteiger partial charge in [-0.25, -0.2) is 0 Å². The zero-order chi connectivity index (χ0) is 18.2. The molecule has 1 fully saturated rings. The van der Waals surface area contributed by atoms with Crippen LogP contribution in [0.25, 0.3) is 11.1 Å². The summed E-state index contributed by atoms with van der Waals surface area (Å²) in [4.78, 5) is 0. The van der Waals surface area contributed by atoms with Gasteiger partial charge in [0, 0.05) is 0 Å². The molecular weight excluding hydrogens is 351 g/mol. The summed E-state index contributed by atoms with van der Waals surface area (Å²) in [5.41, 5.74) is 4.44. The van der Waals surface area contributed by atoms with E-state index in [9.17, 15) is 0 Å². The third-order valence-corrected chi connectivity index (χ3v) is 7.87. The molecule has 0 spiro atoms. The first-order valence-corrected chi connectivity index (χ1v) is 11.0. The molecule has 4 rings (SSSR count). The third kappa shape index (κ3) is 2.63. The van der Waals surface area contributed by atoms with Crippen LogP contribution in [0.4, 0.5) is 0 Å². The van der Waals surface area contributed by atoms with Crippen LogP contribution >= 0.6 is 7.74 Å². The van der Waals surface area contributed by atoms with Crippen LogP contribution in [-0.4, -0.2) is 19.8 Å². The van der Waals surface area contributed by atoms with Gasteiger partial charge in [0.05, 0.1) is 0 Å². The van der Waals surface area contributed by atoms with Crippen molar-refractivity contribution < 1.29 is 22.6 Å². The molecule has 1 aliphatic carbocycles. The Morgan fingerprint density at radius 2 is 1.08 bits per heavy atom. The number of hydrogen-bond acceptors (Lipinski definition) is 5. The van der Waals surface area contributed by atoms with Crippen molar-refractivity contribution in [3.8, 4) is 11.1 Å². The quantitative estimate of drug-likeness (QED) is 0.602. The Balaban J connectivity index is 1.89. The average molecular weight is 376 g/mol. The van der Waals surface area contributed by atoms with E-state index in [0.29, 0.717) is 19.8 Å². The maximum atomic E-state index is 6.49. The number of rotatable bonds is 6. The van der Waals surface area contributed by atoms with Crippen molar-refractivity contribution in [2.75, 3.05) is 19.8 Å². The summed E-state index contributed by atoms with van der Waals surface area (Å²) in [6.45, 7) is 6.80. The summed E-state index contributed by atoms with van der Waals surface area (Å²) >= 11 is 0. The molecule has 1 heterocycles. The van der Waals surface area contributed by atoms with E-state index in [1.165, 1.54) is 0 Å². The fourth-order valence-electron chi connectivity index (χ4n) is 3.85. The van der Waals surface area contributed by atoms with Crippen molar-refractivity contribution >= 4 is 7.74 Å². The molecule has 2 atom stereocenters. The normalized spacial score (nSPS) is 26.2. The molecule has 0 saturated carbocycles. The molecule has 0 radical (unpaired) electrons. The average Bonchev–Trinajstić information content (AvgIpc) is 2.99. The molecule has 1 aliphatic heterocycles. The van der Waals surface area contributed by atoms with Crippen molar-refractivity contribution in [2.45, 2.75) is 33.0 Å². The van der Waals surface area contributed by atoms with Gasteiger partial charge < -0.3 is 0 Å². The molecule has 140 valence electrons. The Morgan fingerprint density at radius 3 is 1.46 bits per heavy atom. The van der Waals surface area contributed by atoms with Gasteiger partial charge in [0.15, 0.2) is 0 Å². The summed E-state index contributed by atoms with van der Waals surface area (Å²) in [5.74, 6) is 0. The monoisotopic (exact) mass is 376 g/mol. The van der Waals surface area contributed by atoms with Crippen LogP contribution in [0.2, 0.25) is 0 Å². The summed E-state index contributed by atoms with van der Waals surface area (Å²) in [6.07, 6.45) is -0.660. The Bertz CT molecular complexity index is 731. The summed E-state index contributed by atoms with van der Waals surface area (Å²) in [6, 6.07) is 16.5. The first kappa shape index (κ1) is 18.1. The Labute approximate surface area is 154 Å². The van der Waals surface area contributed by atoms with Crippen molar-refractivity contribution in [3.63, 3.8) is 0 Å². The van der Waals surface area contributed by atoms with Gasteiger partial charge in [-0.3, -0.25) is 0 Å². The Kier molecular flexibility index (Phi) is 4.64. The number of fused-ring (bicyclic) bond motifs is 6. The maximum absolute atomic E-state index is 6.49. The van der Waals surface area contributed by atoms with E-state index in [1.807, 2.05) is 45.0 Å². The van der Waals surface area contributed by atoms with E-state index < -0.39 is 7.74 Å². The van der Waals surface area contributed by atoms with E-state index >= 15 is 0 Å². The second kappa shape index (κ2) is 6.68. The van der Waals surface area contributed by atoms with Gasteiger partial charge in [0.25, 0.3) is 0 Å². The van der Waals surface area contributed by atoms with Crippen LogP contribution in [0, 0.1) is 0 Å². The van der Waals surface area contributed by atoms with Crippen LogP contribution in [-0.2, 0) is 22.6 Å². The molecule has 0 bridgehead atoms. The molecule has 2 aliphatic rings. The minimum atomic E-state index is -4.14. The molecule has 0 amide bonds. The topological polar surface area (TPSA) is 46.2 Å². The van der Waals surface area contributed by atoms with Gasteiger partial charge in [-0.2, -0.15) is 0 Å². The zero-order valence-electron chi connectivity index (χ0n) is 15.4. The van der Waals surface area contributed by atoms with Crippen molar-refractivity contribution in [1.82, 2.24) is 0 Å². The van der Waals surface area contributed by atoms with Gasteiger partial charge >= 0.3 is 154 Å². The minimum absolute atomic E-state index is 0.330. The van der Waals surface area contributed by atoms with Gasteiger partial charge in [0.1, 0.15) is 0 Å². The Morgan fingerprint density at radius 1 is 0.692 bits per heavy atom. The molecule has 2 unspecified atom stereocenters. The van der Waals surface area contributed by atoms with Crippen LogP contribution in [0.1, 0.15) is 44.1 Å². The number of benzene rings is 2. The van der Waals surface area contributed by atoms with E-state index in [4.69, 9.17) is 22.6 Å². The summed E-state index contributed by atoms with van der Waals surface area (Å²) in [7, 11) is -4.14. The predicted molar refractivity (Wildman–Crippen MR) is 101 cm³/mol. The predicted octanol–water partition coefficient (Wildman–Crippen LogP) is 5.73. The first-order chi connectivity index (χ1) is 12.7. The van der Waals surface area contributed by atoms with Crippen LogP contribution in [0.3, 0.4) is 0 Å². The zero-order valence-corrected chi connectivity index (χ0v) is 16.3. The second-order valence-electron chi connectivity index (χ2n) is 6.23. The molecule has 6 heteroatoms. The summed E-state index contributed by atoms with van der Waals surface area (Å²) in [5, 5.41) is 0. The van der Waals surface area contributed by atoms with E-state index in [-0.39, 0.29) is 12.2 Å². The molecular formula is C20H25O5P. The number of hydrogen-bond donors (Lipinski definition) is 0. The first-order valence-electron chi connectivity index (χ1n) is 9.19. The third-order valence-electron chi connectivity index (χ3n) is 4.69. The summed E-state index contributed by atoms with van der Waals surface area (Å²) < 4.78 is 31.0. The fraction of sp³-hybridized carbons (Fsp3) is 0.400. The van der Waals surface area contributed by atoms with Crippen molar-refractivity contribution in [1.29, 1.82) is 0 Å². The molecule has 1 saturated heterocycles. The molecule has 26 heavy (non-hydrogen) atoms. The molecule has 5 nitrogen and oxygen atoms in total. The van der Waals surface area contributed by atoms with Gasteiger partial charge in [0.2, 0.25) is 0 Å². The Hall–Kier alpha value is -1.33. The van der Waals surface area contributed by atoms with Crippen LogP contribution < -0.4 is 0 Å². The van der Waals surface area contributed by atoms with Gasteiger partial charge in [-0.05, 0) is 0 Å². The van der Waals surface area contributed by atoms with E-state index in [1.54, 1.807) is 0 Å². The van der Waals surface area contributed by atoms with Gasteiger partial charge in [-0.1, -0.05) is 0 Å². The SMILES string of the molecule is CCOP1(OCC)(OCC)OC2c3ccccc3-c3ccccc3C2O1. The molecule has 2 aromatic rings. The van der Waals surface area contributed by atoms with Crippen LogP contribution in [0.15, 0.2) is 48.5 Å². The fourth-order valence-corrected chi connectivity index (χ4v) is 6.95. The molecule has 0 aromatic heterocycles. The standard InChI is InChI=1S/C20H25O5P/c1-4-21-26(22-5-2,23-6-3)24-19-17-13-9-7-11-15(17)16-12-8-10-14-18(16)20(19)25-26/h7-14,19-20H,4-6H2,1-3H3. The second-order valence-corrected chi connectivity index (χ2v) is 8.91. The molecule has 2 aromatic carbocycles. The van der Waals surface area contributed by atoms with Crippen molar-refractivity contribution in [2.24, 2.45) is 0 Å². The van der Waals surface area contributed by atoms with Gasteiger partial charge in [-0.15, -0.1) is 0 Å². The molecule has 0 N–H and O–H groups in total.